The zero-order valence-corrected chi connectivity index (χ0v) is 14.0. The van der Waals surface area contributed by atoms with Gasteiger partial charge < -0.3 is 20.3 Å². The number of aromatic nitrogens is 2. The number of carbonyl (C=O) groups is 1. The minimum Gasteiger partial charge on any atom is -0.508 e. The van der Waals surface area contributed by atoms with Crippen molar-refractivity contribution in [2.75, 3.05) is 11.9 Å². The number of phenols is 1. The predicted molar refractivity (Wildman–Crippen MR) is 91.8 cm³/mol. The second kappa shape index (κ2) is 7.48. The fourth-order valence-electron chi connectivity index (χ4n) is 3.04. The maximum absolute atomic E-state index is 11.1. The molecule has 7 heteroatoms. The molecule has 2 heterocycles. The van der Waals surface area contributed by atoms with Crippen LogP contribution in [0.1, 0.15) is 47.0 Å². The number of nitrogens with one attached hydrogen (secondary N) is 1. The molecular formula is C18H21N3O4. The van der Waals surface area contributed by atoms with Gasteiger partial charge in [-0.15, -0.1) is 0 Å². The predicted octanol–water partition coefficient (Wildman–Crippen LogP) is 2.91. The standard InChI is InChI=1S/C18H21N3O4/c1-11-16(18(23)24)20-10-21-17(11)19-9-14-3-2-4-15(25-14)12-5-7-13(22)8-6-12/h5-8,10,14-15,22H,2-4,9H2,1H3,(H,23,24)(H,19,20,21)/t14-,15+/m1/s1. The van der Waals surface area contributed by atoms with Crippen LogP contribution in [0.3, 0.4) is 0 Å². The first-order chi connectivity index (χ1) is 12.0. The number of ether oxygens (including phenoxy) is 1. The molecule has 7 nitrogen and oxygen atoms in total. The lowest BCUT2D eigenvalue weighted by atomic mass is 9.98. The molecule has 0 amide bonds. The van der Waals surface area contributed by atoms with Crippen LogP contribution in [0.15, 0.2) is 30.6 Å². The van der Waals surface area contributed by atoms with Crippen LogP contribution in [0.4, 0.5) is 5.82 Å². The highest BCUT2D eigenvalue weighted by molar-refractivity contribution is 5.88. The number of carboxylic acids is 1. The summed E-state index contributed by atoms with van der Waals surface area (Å²) in [5.41, 5.74) is 1.57. The van der Waals surface area contributed by atoms with Crippen molar-refractivity contribution in [2.45, 2.75) is 38.4 Å². The van der Waals surface area contributed by atoms with Crippen molar-refractivity contribution >= 4 is 11.8 Å². The van der Waals surface area contributed by atoms with Crippen LogP contribution in [0.5, 0.6) is 5.75 Å². The van der Waals surface area contributed by atoms with E-state index in [4.69, 9.17) is 9.84 Å². The summed E-state index contributed by atoms with van der Waals surface area (Å²) in [6.07, 6.45) is 4.17. The van der Waals surface area contributed by atoms with Gasteiger partial charge in [0.15, 0.2) is 5.69 Å². The van der Waals surface area contributed by atoms with Gasteiger partial charge in [0.1, 0.15) is 17.9 Å². The van der Waals surface area contributed by atoms with Crippen LogP contribution in [0.2, 0.25) is 0 Å². The van der Waals surface area contributed by atoms with Gasteiger partial charge in [-0.05, 0) is 43.9 Å². The smallest absolute Gasteiger partial charge is 0.354 e. The molecule has 1 aliphatic heterocycles. The molecule has 1 fully saturated rings. The Morgan fingerprint density at radius 3 is 2.76 bits per heavy atom. The van der Waals surface area contributed by atoms with Gasteiger partial charge in [-0.25, -0.2) is 14.8 Å². The van der Waals surface area contributed by atoms with Crippen LogP contribution >= 0.6 is 0 Å². The van der Waals surface area contributed by atoms with Crippen molar-refractivity contribution in [1.82, 2.24) is 9.97 Å². The molecule has 3 N–H and O–H groups in total. The Morgan fingerprint density at radius 1 is 1.28 bits per heavy atom. The molecule has 0 radical (unpaired) electrons. The molecule has 1 aromatic heterocycles. The molecule has 0 spiro atoms. The number of hydrogen-bond acceptors (Lipinski definition) is 6. The maximum Gasteiger partial charge on any atom is 0.354 e. The first-order valence-electron chi connectivity index (χ1n) is 8.27. The van der Waals surface area contributed by atoms with Crippen molar-refractivity contribution in [1.29, 1.82) is 0 Å². The van der Waals surface area contributed by atoms with Gasteiger partial charge >= 0.3 is 5.97 Å². The molecule has 1 aromatic carbocycles. The number of benzene rings is 1. The average molecular weight is 343 g/mol. The number of rotatable bonds is 5. The summed E-state index contributed by atoms with van der Waals surface area (Å²) in [4.78, 5) is 19.1. The molecule has 1 aliphatic rings. The van der Waals surface area contributed by atoms with E-state index in [1.807, 2.05) is 12.1 Å². The van der Waals surface area contributed by atoms with E-state index < -0.39 is 5.97 Å². The largest absolute Gasteiger partial charge is 0.508 e. The molecule has 0 saturated carbocycles. The molecule has 25 heavy (non-hydrogen) atoms. The van der Waals surface area contributed by atoms with Crippen LogP contribution in [-0.2, 0) is 4.74 Å². The minimum atomic E-state index is -1.07. The molecule has 3 rings (SSSR count). The van der Waals surface area contributed by atoms with E-state index in [0.717, 1.165) is 24.8 Å². The van der Waals surface area contributed by atoms with E-state index in [-0.39, 0.29) is 23.7 Å². The maximum atomic E-state index is 11.1. The van der Waals surface area contributed by atoms with Gasteiger partial charge in [-0.2, -0.15) is 0 Å². The van der Waals surface area contributed by atoms with Crippen molar-refractivity contribution in [3.8, 4) is 5.75 Å². The molecule has 0 unspecified atom stereocenters. The summed E-state index contributed by atoms with van der Waals surface area (Å²) in [6, 6.07) is 7.09. The summed E-state index contributed by atoms with van der Waals surface area (Å²) >= 11 is 0. The highest BCUT2D eigenvalue weighted by Gasteiger charge is 2.24. The second-order valence-corrected chi connectivity index (χ2v) is 6.15. The number of carboxylic acid groups (broad SMARTS) is 1. The summed E-state index contributed by atoms with van der Waals surface area (Å²) in [6.45, 7) is 2.23. The summed E-state index contributed by atoms with van der Waals surface area (Å²) in [7, 11) is 0. The Kier molecular flexibility index (Phi) is 5.14. The molecule has 0 aliphatic carbocycles. The lowest BCUT2D eigenvalue weighted by molar-refractivity contribution is -0.0442. The number of aromatic hydroxyl groups is 1. The number of anilines is 1. The zero-order valence-electron chi connectivity index (χ0n) is 14.0. The Balaban J connectivity index is 1.63. The van der Waals surface area contributed by atoms with Gasteiger partial charge in [-0.1, -0.05) is 12.1 Å². The Bertz CT molecular complexity index is 748. The SMILES string of the molecule is Cc1c(NC[C@H]2CCC[C@@H](c3ccc(O)cc3)O2)ncnc1C(=O)O. The third-order valence-electron chi connectivity index (χ3n) is 4.40. The first-order valence-corrected chi connectivity index (χ1v) is 8.27. The molecule has 0 bridgehead atoms. The lowest BCUT2D eigenvalue weighted by Crippen LogP contribution is -2.29. The highest BCUT2D eigenvalue weighted by Crippen LogP contribution is 2.32. The van der Waals surface area contributed by atoms with Gasteiger partial charge in [0.05, 0.1) is 12.2 Å². The topological polar surface area (TPSA) is 105 Å². The summed E-state index contributed by atoms with van der Waals surface area (Å²) < 4.78 is 6.15. The first kappa shape index (κ1) is 17.2. The fourth-order valence-corrected chi connectivity index (χ4v) is 3.04. The van der Waals surface area contributed by atoms with E-state index in [9.17, 15) is 9.90 Å². The van der Waals surface area contributed by atoms with E-state index in [0.29, 0.717) is 17.9 Å². The Labute approximate surface area is 145 Å². The summed E-state index contributed by atoms with van der Waals surface area (Å²) in [5, 5.41) is 21.7. The van der Waals surface area contributed by atoms with Crippen molar-refractivity contribution in [3.05, 3.63) is 47.4 Å². The van der Waals surface area contributed by atoms with Gasteiger partial charge in [0.2, 0.25) is 0 Å². The van der Waals surface area contributed by atoms with Gasteiger partial charge in [0.25, 0.3) is 0 Å². The van der Waals surface area contributed by atoms with E-state index in [1.54, 1.807) is 19.1 Å². The molecular weight excluding hydrogens is 322 g/mol. The van der Waals surface area contributed by atoms with Crippen LogP contribution < -0.4 is 5.32 Å². The number of hydrogen-bond donors (Lipinski definition) is 3. The third-order valence-corrected chi connectivity index (χ3v) is 4.40. The fraction of sp³-hybridized carbons (Fsp3) is 0.389. The van der Waals surface area contributed by atoms with Gasteiger partial charge in [0, 0.05) is 12.1 Å². The van der Waals surface area contributed by atoms with E-state index in [1.165, 1.54) is 6.33 Å². The minimum absolute atomic E-state index is 0.00206. The third kappa shape index (κ3) is 4.06. The Hall–Kier alpha value is -2.67. The van der Waals surface area contributed by atoms with Crippen molar-refractivity contribution in [3.63, 3.8) is 0 Å². The second-order valence-electron chi connectivity index (χ2n) is 6.15. The lowest BCUT2D eigenvalue weighted by Gasteiger charge is -2.30. The number of nitrogens with zero attached hydrogens (tertiary/aromatic N) is 2. The van der Waals surface area contributed by atoms with Gasteiger partial charge in [-0.3, -0.25) is 0 Å². The van der Waals surface area contributed by atoms with Crippen LogP contribution in [0, 0.1) is 6.92 Å². The molecule has 2 aromatic rings. The number of phenolic OH excluding ortho intramolecular Hbond substituents is 1. The average Bonchev–Trinajstić information content (AvgIpc) is 2.61. The number of aromatic carboxylic acids is 1. The summed E-state index contributed by atoms with van der Waals surface area (Å²) in [5.74, 6) is -0.307. The van der Waals surface area contributed by atoms with Crippen LogP contribution in [-0.4, -0.2) is 38.8 Å². The quantitative estimate of drug-likeness (QED) is 0.766. The van der Waals surface area contributed by atoms with E-state index >= 15 is 0 Å². The Morgan fingerprint density at radius 2 is 2.04 bits per heavy atom. The molecule has 132 valence electrons. The zero-order chi connectivity index (χ0) is 17.8. The van der Waals surface area contributed by atoms with Crippen molar-refractivity contribution < 1.29 is 19.7 Å². The monoisotopic (exact) mass is 343 g/mol. The van der Waals surface area contributed by atoms with Crippen LogP contribution in [0.25, 0.3) is 0 Å². The van der Waals surface area contributed by atoms with E-state index in [2.05, 4.69) is 15.3 Å². The normalized spacial score (nSPS) is 20.2. The molecule has 1 saturated heterocycles. The molecule has 2 atom stereocenters. The highest BCUT2D eigenvalue weighted by atomic mass is 16.5. The van der Waals surface area contributed by atoms with Crippen molar-refractivity contribution in [2.24, 2.45) is 0 Å².